The van der Waals surface area contributed by atoms with E-state index in [-0.39, 0.29) is 11.9 Å². The van der Waals surface area contributed by atoms with Crippen molar-refractivity contribution in [3.8, 4) is 22.6 Å². The lowest BCUT2D eigenvalue weighted by Gasteiger charge is -2.19. The van der Waals surface area contributed by atoms with E-state index in [1.165, 1.54) is 0 Å². The van der Waals surface area contributed by atoms with Crippen LogP contribution in [-0.4, -0.2) is 22.8 Å². The van der Waals surface area contributed by atoms with Crippen molar-refractivity contribution in [2.45, 2.75) is 39.2 Å². The number of rotatable bonds is 8. The van der Waals surface area contributed by atoms with E-state index in [4.69, 9.17) is 9.47 Å². The third-order valence-electron chi connectivity index (χ3n) is 5.92. The average Bonchev–Trinajstić information content (AvgIpc) is 3.17. The molecular formula is C27H29FO3S. The predicted molar refractivity (Wildman–Crippen MR) is 128 cm³/mol. The zero-order valence-electron chi connectivity index (χ0n) is 18.8. The van der Waals surface area contributed by atoms with Crippen LogP contribution in [0.3, 0.4) is 0 Å². The van der Waals surface area contributed by atoms with E-state index in [1.54, 1.807) is 12.3 Å². The number of benzene rings is 3. The molecule has 0 saturated heterocycles. The molecule has 0 amide bonds. The first-order chi connectivity index (χ1) is 15.4. The van der Waals surface area contributed by atoms with E-state index in [2.05, 4.69) is 13.8 Å². The van der Waals surface area contributed by atoms with Crippen LogP contribution in [0.25, 0.3) is 11.1 Å². The summed E-state index contributed by atoms with van der Waals surface area (Å²) >= 11 is 0. The fourth-order valence-electron chi connectivity index (χ4n) is 4.57. The molecule has 0 bridgehead atoms. The van der Waals surface area contributed by atoms with Crippen LogP contribution in [0.2, 0.25) is 0 Å². The Morgan fingerprint density at radius 3 is 2.44 bits per heavy atom. The zero-order valence-corrected chi connectivity index (χ0v) is 19.6. The molecule has 0 aromatic heterocycles. The van der Waals surface area contributed by atoms with E-state index in [0.29, 0.717) is 17.9 Å². The Labute approximate surface area is 192 Å². The lowest BCUT2D eigenvalue weighted by molar-refractivity contribution is 0.203. The first-order valence-corrected chi connectivity index (χ1v) is 12.7. The Bertz CT molecular complexity index is 1100. The van der Waals surface area contributed by atoms with E-state index < -0.39 is 10.8 Å². The maximum Gasteiger partial charge on any atom is 0.130 e. The van der Waals surface area contributed by atoms with Gasteiger partial charge in [0.15, 0.2) is 0 Å². The SMILES string of the molecule is Cc1cc(OCCCS(C)=O)cc(C)c1-c1ccc(F)c2c1CCC2Oc1ccccc1. The number of hydrogen-bond donors (Lipinski definition) is 0. The molecule has 0 spiro atoms. The van der Waals surface area contributed by atoms with Gasteiger partial charge in [0, 0.05) is 28.4 Å². The number of aryl methyl sites for hydroxylation is 2. The summed E-state index contributed by atoms with van der Waals surface area (Å²) in [6.45, 7) is 4.68. The van der Waals surface area contributed by atoms with Gasteiger partial charge < -0.3 is 9.47 Å². The minimum Gasteiger partial charge on any atom is -0.494 e. The van der Waals surface area contributed by atoms with Gasteiger partial charge in [-0.1, -0.05) is 24.3 Å². The van der Waals surface area contributed by atoms with Gasteiger partial charge in [0.1, 0.15) is 23.4 Å². The monoisotopic (exact) mass is 452 g/mol. The van der Waals surface area contributed by atoms with Crippen LogP contribution in [0.5, 0.6) is 11.5 Å². The Hall–Kier alpha value is -2.66. The maximum atomic E-state index is 14.9. The van der Waals surface area contributed by atoms with Gasteiger partial charge in [-0.2, -0.15) is 0 Å². The molecule has 0 fully saturated rings. The molecule has 3 nitrogen and oxygen atoms in total. The minimum atomic E-state index is -0.800. The van der Waals surface area contributed by atoms with Crippen molar-refractivity contribution in [2.24, 2.45) is 0 Å². The Morgan fingerprint density at radius 1 is 1.03 bits per heavy atom. The number of para-hydroxylation sites is 1. The van der Waals surface area contributed by atoms with Crippen molar-refractivity contribution >= 4 is 10.8 Å². The van der Waals surface area contributed by atoms with Crippen LogP contribution in [0.4, 0.5) is 4.39 Å². The van der Waals surface area contributed by atoms with E-state index >= 15 is 0 Å². The van der Waals surface area contributed by atoms with Gasteiger partial charge in [0.05, 0.1) is 6.61 Å². The summed E-state index contributed by atoms with van der Waals surface area (Å²) in [6, 6.07) is 17.1. The summed E-state index contributed by atoms with van der Waals surface area (Å²) in [7, 11) is -0.800. The van der Waals surface area contributed by atoms with Crippen LogP contribution in [0.1, 0.15) is 41.2 Å². The molecule has 1 aliphatic carbocycles. The zero-order chi connectivity index (χ0) is 22.7. The summed E-state index contributed by atoms with van der Waals surface area (Å²) in [5, 5.41) is 0. The van der Waals surface area contributed by atoms with E-state index in [0.717, 1.165) is 58.6 Å². The fraction of sp³-hybridized carbons (Fsp3) is 0.333. The van der Waals surface area contributed by atoms with Gasteiger partial charge in [-0.05, 0) is 91.3 Å². The highest BCUT2D eigenvalue weighted by Crippen LogP contribution is 2.43. The number of fused-ring (bicyclic) bond motifs is 1. The Balaban J connectivity index is 1.61. The van der Waals surface area contributed by atoms with Gasteiger partial charge >= 0.3 is 0 Å². The minimum absolute atomic E-state index is 0.203. The van der Waals surface area contributed by atoms with Crippen molar-refractivity contribution in [3.63, 3.8) is 0 Å². The molecule has 3 aromatic carbocycles. The molecule has 0 saturated carbocycles. The van der Waals surface area contributed by atoms with E-state index in [1.807, 2.05) is 48.5 Å². The fourth-order valence-corrected chi connectivity index (χ4v) is 5.10. The molecule has 0 heterocycles. The summed E-state index contributed by atoms with van der Waals surface area (Å²) in [6.07, 6.45) is 3.73. The van der Waals surface area contributed by atoms with Gasteiger partial charge in [-0.25, -0.2) is 4.39 Å². The molecule has 3 aromatic rings. The molecule has 32 heavy (non-hydrogen) atoms. The maximum absolute atomic E-state index is 14.9. The van der Waals surface area contributed by atoms with Crippen LogP contribution >= 0.6 is 0 Å². The number of halogens is 1. The van der Waals surface area contributed by atoms with Crippen molar-refractivity contribution < 1.29 is 18.1 Å². The highest BCUT2D eigenvalue weighted by atomic mass is 32.2. The highest BCUT2D eigenvalue weighted by Gasteiger charge is 2.30. The van der Waals surface area contributed by atoms with Gasteiger partial charge in [-0.15, -0.1) is 0 Å². The molecule has 0 radical (unpaired) electrons. The van der Waals surface area contributed by atoms with Gasteiger partial charge in [0.25, 0.3) is 0 Å². The number of hydrogen-bond acceptors (Lipinski definition) is 3. The molecule has 2 unspecified atom stereocenters. The van der Waals surface area contributed by atoms with Gasteiger partial charge in [-0.3, -0.25) is 4.21 Å². The summed E-state index contributed by atoms with van der Waals surface area (Å²) in [5.41, 5.74) is 6.11. The average molecular weight is 453 g/mol. The van der Waals surface area contributed by atoms with Crippen molar-refractivity contribution in [2.75, 3.05) is 18.6 Å². The second-order valence-electron chi connectivity index (χ2n) is 8.36. The van der Waals surface area contributed by atoms with Crippen molar-refractivity contribution in [1.82, 2.24) is 0 Å². The highest BCUT2D eigenvalue weighted by molar-refractivity contribution is 7.84. The van der Waals surface area contributed by atoms with Crippen molar-refractivity contribution in [3.05, 3.63) is 82.7 Å². The lowest BCUT2D eigenvalue weighted by atomic mass is 9.90. The van der Waals surface area contributed by atoms with Crippen LogP contribution < -0.4 is 9.47 Å². The topological polar surface area (TPSA) is 35.5 Å². The Morgan fingerprint density at radius 2 is 1.75 bits per heavy atom. The molecule has 4 rings (SSSR count). The molecular weight excluding hydrogens is 423 g/mol. The Kier molecular flexibility index (Phi) is 6.95. The number of ether oxygens (including phenoxy) is 2. The second-order valence-corrected chi connectivity index (χ2v) is 9.91. The van der Waals surface area contributed by atoms with Crippen molar-refractivity contribution in [1.29, 1.82) is 0 Å². The summed E-state index contributed by atoms with van der Waals surface area (Å²) in [4.78, 5) is 0. The molecule has 2 atom stereocenters. The quantitative estimate of drug-likeness (QED) is 0.375. The summed E-state index contributed by atoms with van der Waals surface area (Å²) in [5.74, 6) is 2.01. The first kappa shape index (κ1) is 22.5. The van der Waals surface area contributed by atoms with Crippen LogP contribution in [-0.2, 0) is 17.2 Å². The largest absolute Gasteiger partial charge is 0.494 e. The van der Waals surface area contributed by atoms with Crippen LogP contribution in [0, 0.1) is 19.7 Å². The second kappa shape index (κ2) is 9.86. The smallest absolute Gasteiger partial charge is 0.130 e. The first-order valence-electron chi connectivity index (χ1n) is 11.0. The summed E-state index contributed by atoms with van der Waals surface area (Å²) < 4.78 is 38.2. The van der Waals surface area contributed by atoms with Gasteiger partial charge in [0.2, 0.25) is 0 Å². The lowest BCUT2D eigenvalue weighted by Crippen LogP contribution is -2.06. The molecule has 168 valence electrons. The molecule has 1 aliphatic rings. The third kappa shape index (κ3) is 4.88. The predicted octanol–water partition coefficient (Wildman–Crippen LogP) is 6.32. The van der Waals surface area contributed by atoms with Crippen LogP contribution in [0.15, 0.2) is 54.6 Å². The normalized spacial score (nSPS) is 15.9. The van der Waals surface area contributed by atoms with E-state index in [9.17, 15) is 8.60 Å². The molecule has 5 heteroatoms. The molecule has 0 aliphatic heterocycles. The standard InChI is InChI=1S/C27H29FO3S/c1-18-16-21(30-14-7-15-32(3)29)17-19(2)26(18)22-10-12-24(28)27-23(22)11-13-25(27)31-20-8-5-4-6-9-20/h4-6,8-10,12,16-17,25H,7,11,13-15H2,1-3H3. The third-order valence-corrected chi connectivity index (χ3v) is 6.79. The molecule has 0 N–H and O–H groups in total.